The molecule has 1 aliphatic rings. The Hall–Kier alpha value is -1.99. The number of esters is 1. The molecule has 8 nitrogen and oxygen atoms in total. The molecule has 0 aliphatic carbocycles. The Balaban J connectivity index is 2.49. The van der Waals surface area contributed by atoms with Crippen LogP contribution in [0.1, 0.15) is 33.3 Å². The summed E-state index contributed by atoms with van der Waals surface area (Å²) in [4.78, 5) is 11.7. The van der Waals surface area contributed by atoms with Gasteiger partial charge in [-0.2, -0.15) is 18.4 Å². The van der Waals surface area contributed by atoms with E-state index in [1.165, 1.54) is 6.92 Å². The van der Waals surface area contributed by atoms with Gasteiger partial charge in [-0.3, -0.25) is 8.98 Å². The lowest BCUT2D eigenvalue weighted by Crippen LogP contribution is -2.66. The molecule has 0 aromatic heterocycles. The van der Waals surface area contributed by atoms with Gasteiger partial charge >= 0.3 is 16.3 Å². The van der Waals surface area contributed by atoms with Gasteiger partial charge in [-0.15, -0.1) is 0 Å². The molecule has 0 amide bonds. The molecule has 9 heteroatoms. The lowest BCUT2D eigenvalue weighted by molar-refractivity contribution is -0.159. The summed E-state index contributed by atoms with van der Waals surface area (Å²) in [6.45, 7) is 6.44. The number of hydrogen-bond acceptors (Lipinski definition) is 7. The molecule has 28 heavy (non-hydrogen) atoms. The molecule has 1 aliphatic heterocycles. The van der Waals surface area contributed by atoms with Crippen molar-refractivity contribution in [1.82, 2.24) is 4.72 Å². The highest BCUT2D eigenvalue weighted by molar-refractivity contribution is 7.84. The molecule has 1 aromatic carbocycles. The van der Waals surface area contributed by atoms with Crippen LogP contribution in [0.5, 0.6) is 0 Å². The Bertz CT molecular complexity index is 821. The topological polar surface area (TPSA) is 115 Å². The Morgan fingerprint density at radius 3 is 2.57 bits per heavy atom. The largest absolute Gasteiger partial charge is 0.459 e. The van der Waals surface area contributed by atoms with E-state index in [-0.39, 0.29) is 19.1 Å². The first kappa shape index (κ1) is 22.3. The van der Waals surface area contributed by atoms with Gasteiger partial charge in [0.05, 0.1) is 25.4 Å². The van der Waals surface area contributed by atoms with Crippen molar-refractivity contribution < 1.29 is 26.9 Å². The minimum absolute atomic E-state index is 0.164. The second-order valence-electron chi connectivity index (χ2n) is 7.29. The van der Waals surface area contributed by atoms with Crippen LogP contribution in [0.4, 0.5) is 0 Å². The number of benzene rings is 1. The maximum atomic E-state index is 12.3. The third kappa shape index (κ3) is 5.08. The number of rotatable bonds is 6. The average Bonchev–Trinajstić information content (AvgIpc) is 2.72. The lowest BCUT2D eigenvalue weighted by atomic mass is 9.78. The quantitative estimate of drug-likeness (QED) is 0.713. The molecule has 4 atom stereocenters. The lowest BCUT2D eigenvalue weighted by Gasteiger charge is -2.41. The van der Waals surface area contributed by atoms with Crippen molar-refractivity contribution in [2.24, 2.45) is 11.8 Å². The van der Waals surface area contributed by atoms with Crippen LogP contribution in [0.3, 0.4) is 0 Å². The molecule has 1 saturated heterocycles. The number of hydrogen-bond donors (Lipinski definition) is 1. The highest BCUT2D eigenvalue weighted by atomic mass is 32.2. The summed E-state index contributed by atoms with van der Waals surface area (Å²) in [6.07, 6.45) is -1.99. The summed E-state index contributed by atoms with van der Waals surface area (Å²) < 4.78 is 43.4. The van der Waals surface area contributed by atoms with Gasteiger partial charge in [0.1, 0.15) is 6.10 Å². The summed E-state index contributed by atoms with van der Waals surface area (Å²) in [5, 5.41) is 10.1. The van der Waals surface area contributed by atoms with E-state index in [9.17, 15) is 18.5 Å². The van der Waals surface area contributed by atoms with E-state index in [1.807, 2.05) is 50.2 Å². The standard InChI is InChI=1S/C19H26N2O6S/c1-13(2)17(25-11-16-8-6-5-7-9-16)19(12-20)18(27-15(4)22)14(3)10-26-28(23,24)21-19/h5-9,13-14,17-18,21H,10-11H2,1-4H3/t14-,17-,18+,19+/m0/s1. The van der Waals surface area contributed by atoms with Crippen molar-refractivity contribution in [2.45, 2.75) is 52.0 Å². The molecule has 2 rings (SSSR count). The molecular formula is C19H26N2O6S. The van der Waals surface area contributed by atoms with Gasteiger partial charge in [-0.1, -0.05) is 51.1 Å². The van der Waals surface area contributed by atoms with E-state index in [1.54, 1.807) is 6.92 Å². The summed E-state index contributed by atoms with van der Waals surface area (Å²) in [5.41, 5.74) is -0.977. The zero-order chi connectivity index (χ0) is 20.9. The average molecular weight is 410 g/mol. The van der Waals surface area contributed by atoms with Crippen LogP contribution >= 0.6 is 0 Å². The predicted molar refractivity (Wildman–Crippen MR) is 101 cm³/mol. The number of nitrogens with zero attached hydrogens (tertiary/aromatic N) is 1. The number of carbonyl (C=O) groups excluding carboxylic acids is 1. The number of nitriles is 1. The zero-order valence-corrected chi connectivity index (χ0v) is 17.2. The summed E-state index contributed by atoms with van der Waals surface area (Å²) in [5.74, 6) is -1.45. The van der Waals surface area contributed by atoms with Crippen molar-refractivity contribution in [3.63, 3.8) is 0 Å². The third-order valence-electron chi connectivity index (χ3n) is 4.55. The monoisotopic (exact) mass is 410 g/mol. The van der Waals surface area contributed by atoms with Gasteiger partial charge in [0.15, 0.2) is 5.54 Å². The first-order valence-corrected chi connectivity index (χ1v) is 10.4. The molecule has 0 spiro atoms. The van der Waals surface area contributed by atoms with Crippen LogP contribution in [0.25, 0.3) is 0 Å². The van der Waals surface area contributed by atoms with Gasteiger partial charge in [-0.05, 0) is 11.5 Å². The Morgan fingerprint density at radius 1 is 1.39 bits per heavy atom. The van der Waals surface area contributed by atoms with Gasteiger partial charge in [-0.25, -0.2) is 0 Å². The highest BCUT2D eigenvalue weighted by Gasteiger charge is 2.56. The van der Waals surface area contributed by atoms with Gasteiger partial charge < -0.3 is 9.47 Å². The van der Waals surface area contributed by atoms with E-state index in [4.69, 9.17) is 13.7 Å². The van der Waals surface area contributed by atoms with Crippen molar-refractivity contribution in [2.75, 3.05) is 6.61 Å². The van der Waals surface area contributed by atoms with E-state index < -0.39 is 39.9 Å². The second kappa shape index (κ2) is 9.01. The van der Waals surface area contributed by atoms with Crippen LogP contribution in [-0.2, 0) is 35.4 Å². The van der Waals surface area contributed by atoms with Crippen LogP contribution in [0.2, 0.25) is 0 Å². The summed E-state index contributed by atoms with van der Waals surface area (Å²) in [6, 6.07) is 11.4. The van der Waals surface area contributed by atoms with Crippen molar-refractivity contribution in [1.29, 1.82) is 5.26 Å². The Kier molecular flexibility index (Phi) is 7.17. The Morgan fingerprint density at radius 2 is 2.04 bits per heavy atom. The molecule has 0 radical (unpaired) electrons. The predicted octanol–water partition coefficient (Wildman–Crippen LogP) is 1.92. The fraction of sp³-hybridized carbons (Fsp3) is 0.579. The highest BCUT2D eigenvalue weighted by Crippen LogP contribution is 2.34. The number of nitrogens with one attached hydrogen (secondary N) is 1. The molecule has 0 unspecified atom stereocenters. The molecule has 1 N–H and O–H groups in total. The van der Waals surface area contributed by atoms with Gasteiger partial charge in [0.2, 0.25) is 0 Å². The SMILES string of the molecule is CC(=O)O[C@@H]1[C@@H](C)COS(=O)(=O)N[C@]1(C#N)[C@@H](OCc1ccccc1)C(C)C. The molecular weight excluding hydrogens is 384 g/mol. The van der Waals surface area contributed by atoms with Crippen LogP contribution in [0, 0.1) is 23.2 Å². The number of carbonyl (C=O) groups is 1. The van der Waals surface area contributed by atoms with Gasteiger partial charge in [0.25, 0.3) is 0 Å². The Labute approximate surface area is 166 Å². The minimum atomic E-state index is -4.25. The van der Waals surface area contributed by atoms with E-state index >= 15 is 0 Å². The van der Waals surface area contributed by atoms with Crippen LogP contribution < -0.4 is 4.72 Å². The smallest absolute Gasteiger partial charge is 0.337 e. The fourth-order valence-electron chi connectivity index (χ4n) is 3.40. The fourth-order valence-corrected chi connectivity index (χ4v) is 4.54. The summed E-state index contributed by atoms with van der Waals surface area (Å²) >= 11 is 0. The normalized spacial score (nSPS) is 28.1. The molecule has 1 heterocycles. The molecule has 0 bridgehead atoms. The summed E-state index contributed by atoms with van der Waals surface area (Å²) in [7, 11) is -4.25. The van der Waals surface area contributed by atoms with Gasteiger partial charge in [0, 0.05) is 12.8 Å². The molecule has 154 valence electrons. The maximum absolute atomic E-state index is 12.3. The molecule has 0 saturated carbocycles. The molecule has 1 aromatic rings. The third-order valence-corrected chi connectivity index (χ3v) is 5.58. The first-order valence-electron chi connectivity index (χ1n) is 9.03. The van der Waals surface area contributed by atoms with Crippen molar-refractivity contribution >= 4 is 16.3 Å². The second-order valence-corrected chi connectivity index (χ2v) is 8.64. The van der Waals surface area contributed by atoms with E-state index in [0.29, 0.717) is 0 Å². The zero-order valence-electron chi connectivity index (χ0n) is 16.4. The van der Waals surface area contributed by atoms with E-state index in [0.717, 1.165) is 5.56 Å². The van der Waals surface area contributed by atoms with Crippen LogP contribution in [0.15, 0.2) is 30.3 Å². The minimum Gasteiger partial charge on any atom is -0.459 e. The molecule has 1 fully saturated rings. The van der Waals surface area contributed by atoms with Crippen LogP contribution in [-0.4, -0.2) is 38.7 Å². The van der Waals surface area contributed by atoms with Crippen molar-refractivity contribution in [3.8, 4) is 6.07 Å². The van der Waals surface area contributed by atoms with Crippen molar-refractivity contribution in [3.05, 3.63) is 35.9 Å². The number of ether oxygens (including phenoxy) is 2. The van der Waals surface area contributed by atoms with E-state index in [2.05, 4.69) is 4.72 Å². The first-order chi connectivity index (χ1) is 13.1. The maximum Gasteiger partial charge on any atom is 0.337 e.